The molecule has 25 heavy (non-hydrogen) atoms. The molecule has 0 bridgehead atoms. The number of alkyl halides is 1. The molecule has 1 aliphatic rings. The lowest BCUT2D eigenvalue weighted by Crippen LogP contribution is -2.39. The highest BCUT2D eigenvalue weighted by Gasteiger charge is 2.47. The van der Waals surface area contributed by atoms with Crippen molar-refractivity contribution in [2.24, 2.45) is 5.92 Å². The van der Waals surface area contributed by atoms with Crippen LogP contribution in [-0.4, -0.2) is 36.4 Å². The van der Waals surface area contributed by atoms with Gasteiger partial charge >= 0.3 is 0 Å². The topological polar surface area (TPSA) is 54.5 Å². The van der Waals surface area contributed by atoms with Crippen molar-refractivity contribution in [2.45, 2.75) is 16.7 Å². The summed E-state index contributed by atoms with van der Waals surface area (Å²) < 4.78 is 39.3. The quantitative estimate of drug-likeness (QED) is 0.724. The fraction of sp³-hybridized carbons (Fsp3) is 0.278. The molecule has 3 rings (SSSR count). The van der Waals surface area contributed by atoms with Gasteiger partial charge < -0.3 is 0 Å². The Morgan fingerprint density at radius 1 is 1.08 bits per heavy atom. The highest BCUT2D eigenvalue weighted by molar-refractivity contribution is 8.01. The number of benzene rings is 2. The fourth-order valence-electron chi connectivity index (χ4n) is 2.89. The van der Waals surface area contributed by atoms with Crippen molar-refractivity contribution in [3.8, 4) is 0 Å². The van der Waals surface area contributed by atoms with Gasteiger partial charge in [-0.2, -0.15) is 0 Å². The van der Waals surface area contributed by atoms with Crippen molar-refractivity contribution < 1.29 is 17.6 Å². The average Bonchev–Trinajstić information content (AvgIpc) is 2.83. The van der Waals surface area contributed by atoms with E-state index in [0.717, 1.165) is 26.5 Å². The monoisotopic (exact) mass is 379 g/mol. The second-order valence-corrected chi connectivity index (χ2v) is 8.98. The summed E-state index contributed by atoms with van der Waals surface area (Å²) in [4.78, 5) is 13.4. The smallest absolute Gasteiger partial charge is 0.241 e. The Labute approximate surface area is 151 Å². The number of amides is 1. The van der Waals surface area contributed by atoms with E-state index in [2.05, 4.69) is 0 Å². The summed E-state index contributed by atoms with van der Waals surface area (Å²) in [5, 5.41) is -1.07. The summed E-state index contributed by atoms with van der Waals surface area (Å²) in [5.74, 6) is -1.46. The van der Waals surface area contributed by atoms with Crippen molar-refractivity contribution in [1.82, 2.24) is 4.31 Å². The van der Waals surface area contributed by atoms with Crippen LogP contribution in [0.15, 0.2) is 65.6 Å². The van der Waals surface area contributed by atoms with Gasteiger partial charge in [0.1, 0.15) is 12.0 Å². The lowest BCUT2D eigenvalue weighted by molar-refractivity contribution is -0.129. The second-order valence-electron chi connectivity index (χ2n) is 5.84. The third-order valence-electron chi connectivity index (χ3n) is 4.01. The van der Waals surface area contributed by atoms with E-state index in [1.54, 1.807) is 24.3 Å². The van der Waals surface area contributed by atoms with Crippen molar-refractivity contribution in [3.63, 3.8) is 0 Å². The average molecular weight is 379 g/mol. The van der Waals surface area contributed by atoms with Crippen LogP contribution in [0.25, 0.3) is 0 Å². The minimum atomic E-state index is -3.81. The van der Waals surface area contributed by atoms with E-state index >= 15 is 0 Å². The number of carbonyl (C=O) groups is 1. The molecule has 1 aliphatic heterocycles. The molecule has 0 N–H and O–H groups in total. The first kappa shape index (κ1) is 17.9. The van der Waals surface area contributed by atoms with Crippen LogP contribution in [0, 0.1) is 5.92 Å². The number of rotatable bonds is 6. The van der Waals surface area contributed by atoms with E-state index in [9.17, 15) is 17.6 Å². The van der Waals surface area contributed by atoms with Gasteiger partial charge in [-0.3, -0.25) is 4.79 Å². The maximum atomic E-state index is 13.6. The van der Waals surface area contributed by atoms with Crippen molar-refractivity contribution in [1.29, 1.82) is 0 Å². The van der Waals surface area contributed by atoms with Gasteiger partial charge in [0.25, 0.3) is 0 Å². The first-order valence-corrected chi connectivity index (χ1v) is 10.4. The van der Waals surface area contributed by atoms with Crippen molar-refractivity contribution >= 4 is 27.7 Å². The molecule has 132 valence electrons. The molecular weight excluding hydrogens is 361 g/mol. The first-order valence-electron chi connectivity index (χ1n) is 7.89. The number of hydrogen-bond acceptors (Lipinski definition) is 4. The Bertz CT molecular complexity index is 828. The molecule has 0 radical (unpaired) electrons. The third kappa shape index (κ3) is 4.04. The zero-order valence-electron chi connectivity index (χ0n) is 13.4. The predicted molar refractivity (Wildman–Crippen MR) is 96.3 cm³/mol. The van der Waals surface area contributed by atoms with Gasteiger partial charge in [-0.1, -0.05) is 60.3 Å². The Morgan fingerprint density at radius 3 is 2.28 bits per heavy atom. The largest absolute Gasteiger partial charge is 0.273 e. The summed E-state index contributed by atoms with van der Waals surface area (Å²) in [6.07, 6.45) is 0.338. The molecule has 7 heteroatoms. The third-order valence-corrected chi connectivity index (χ3v) is 7.16. The van der Waals surface area contributed by atoms with Gasteiger partial charge in [0, 0.05) is 4.90 Å². The summed E-state index contributed by atoms with van der Waals surface area (Å²) in [5.41, 5.74) is 0.894. The van der Waals surface area contributed by atoms with Crippen LogP contribution >= 0.6 is 11.8 Å². The molecule has 1 saturated heterocycles. The normalized spacial score (nSPS) is 20.6. The number of carbonyl (C=O) groups excluding carboxylic acids is 1. The SMILES string of the molecule is O=C1C(Cc2ccccc2)CS(=O)(=O)N1C(CF)Sc1ccccc1. The van der Waals surface area contributed by atoms with Crippen LogP contribution in [0.4, 0.5) is 4.39 Å². The van der Waals surface area contributed by atoms with Crippen molar-refractivity contribution in [3.05, 3.63) is 66.2 Å². The standard InChI is InChI=1S/C18H18FNO3S2/c19-12-17(24-16-9-5-2-6-10-16)20-18(21)15(13-25(20,22)23)11-14-7-3-1-4-8-14/h1-10,15,17H,11-13H2. The maximum absolute atomic E-state index is 13.6. The van der Waals surface area contributed by atoms with Gasteiger partial charge in [0.05, 0.1) is 11.7 Å². The van der Waals surface area contributed by atoms with E-state index in [4.69, 9.17) is 0 Å². The first-order chi connectivity index (χ1) is 12.0. The highest BCUT2D eigenvalue weighted by Crippen LogP contribution is 2.34. The molecule has 2 unspecified atom stereocenters. The number of nitrogens with zero attached hydrogens (tertiary/aromatic N) is 1. The van der Waals surface area contributed by atoms with E-state index in [1.807, 2.05) is 36.4 Å². The Kier molecular flexibility index (Phi) is 5.44. The Morgan fingerprint density at radius 2 is 1.68 bits per heavy atom. The van der Waals surface area contributed by atoms with Gasteiger partial charge in [-0.15, -0.1) is 0 Å². The minimum Gasteiger partial charge on any atom is -0.273 e. The molecule has 1 amide bonds. The molecule has 2 aromatic carbocycles. The molecule has 2 aromatic rings. The molecule has 1 heterocycles. The molecule has 0 spiro atoms. The van der Waals surface area contributed by atoms with Crippen LogP contribution in [0.5, 0.6) is 0 Å². The van der Waals surface area contributed by atoms with Crippen LogP contribution < -0.4 is 0 Å². The number of halogens is 1. The van der Waals surface area contributed by atoms with Crippen LogP contribution in [0.1, 0.15) is 5.56 Å². The number of sulfonamides is 1. The van der Waals surface area contributed by atoms with Gasteiger partial charge in [0.2, 0.25) is 15.9 Å². The predicted octanol–water partition coefficient (Wildman–Crippen LogP) is 3.11. The maximum Gasteiger partial charge on any atom is 0.241 e. The minimum absolute atomic E-state index is 0.271. The zero-order valence-corrected chi connectivity index (χ0v) is 15.0. The Hall–Kier alpha value is -1.86. The van der Waals surface area contributed by atoms with E-state index < -0.39 is 33.9 Å². The van der Waals surface area contributed by atoms with Gasteiger partial charge in [-0.25, -0.2) is 17.1 Å². The molecule has 0 aliphatic carbocycles. The fourth-order valence-corrected chi connectivity index (χ4v) is 6.07. The summed E-state index contributed by atoms with van der Waals surface area (Å²) >= 11 is 1.05. The molecule has 4 nitrogen and oxygen atoms in total. The van der Waals surface area contributed by atoms with E-state index in [1.165, 1.54) is 0 Å². The molecule has 0 saturated carbocycles. The Balaban J connectivity index is 1.80. The van der Waals surface area contributed by atoms with Crippen LogP contribution in [-0.2, 0) is 21.2 Å². The zero-order chi connectivity index (χ0) is 17.9. The summed E-state index contributed by atoms with van der Waals surface area (Å²) in [6, 6.07) is 18.2. The lowest BCUT2D eigenvalue weighted by atomic mass is 10.0. The molecule has 1 fully saturated rings. The second kappa shape index (κ2) is 7.58. The molecular formula is C18H18FNO3S2. The van der Waals surface area contributed by atoms with E-state index in [-0.39, 0.29) is 5.75 Å². The number of thioether (sulfide) groups is 1. The summed E-state index contributed by atoms with van der Waals surface area (Å²) in [6.45, 7) is -0.928. The molecule has 2 atom stereocenters. The van der Waals surface area contributed by atoms with Gasteiger partial charge in [0.15, 0.2) is 0 Å². The highest BCUT2D eigenvalue weighted by atomic mass is 32.2. The van der Waals surface area contributed by atoms with Crippen LogP contribution in [0.2, 0.25) is 0 Å². The van der Waals surface area contributed by atoms with E-state index in [0.29, 0.717) is 6.42 Å². The molecule has 0 aromatic heterocycles. The van der Waals surface area contributed by atoms with Crippen molar-refractivity contribution in [2.75, 3.05) is 12.4 Å². The summed E-state index contributed by atoms with van der Waals surface area (Å²) in [7, 11) is -3.81. The lowest BCUT2D eigenvalue weighted by Gasteiger charge is -2.24. The number of hydrogen-bond donors (Lipinski definition) is 0. The van der Waals surface area contributed by atoms with Gasteiger partial charge in [-0.05, 0) is 24.1 Å². The van der Waals surface area contributed by atoms with Crippen LogP contribution in [0.3, 0.4) is 0 Å².